The molecule has 1 aromatic carbocycles. The van der Waals surface area contributed by atoms with Crippen LogP contribution in [0.15, 0.2) is 24.3 Å². The third kappa shape index (κ3) is 5.11. The van der Waals surface area contributed by atoms with Gasteiger partial charge in [-0.2, -0.15) is 0 Å². The number of aliphatic hydroxyl groups excluding tert-OH is 1. The van der Waals surface area contributed by atoms with Crippen molar-refractivity contribution in [3.05, 3.63) is 29.8 Å². The number of hydrogen-bond donors (Lipinski definition) is 3. The fraction of sp³-hybridized carbons (Fsp3) is 0.500. The molecule has 2 atom stereocenters. The number of benzene rings is 1. The van der Waals surface area contributed by atoms with Crippen LogP contribution in [0, 0.1) is 0 Å². The molecule has 1 aromatic rings. The van der Waals surface area contributed by atoms with Crippen LogP contribution in [0.3, 0.4) is 0 Å². The minimum Gasteiger partial charge on any atom is -0.508 e. The normalized spacial score (nSPS) is 14.7. The summed E-state index contributed by atoms with van der Waals surface area (Å²) in [6.07, 6.45) is 0.237. The fourth-order valence-electron chi connectivity index (χ4n) is 1.38. The lowest BCUT2D eigenvalue weighted by molar-refractivity contribution is 0.0402. The summed E-state index contributed by atoms with van der Waals surface area (Å²) in [7, 11) is 0. The molecule has 0 amide bonds. The topological polar surface area (TPSA) is 75.7 Å². The maximum atomic E-state index is 9.11. The van der Waals surface area contributed by atoms with E-state index >= 15 is 0 Å². The second-order valence-electron chi connectivity index (χ2n) is 4.02. The Morgan fingerprint density at radius 1 is 1.25 bits per heavy atom. The molecule has 0 saturated carbocycles. The van der Waals surface area contributed by atoms with Gasteiger partial charge in [0.05, 0.1) is 19.3 Å². The molecule has 4 heteroatoms. The first-order chi connectivity index (χ1) is 7.58. The maximum Gasteiger partial charge on any atom is 0.115 e. The van der Waals surface area contributed by atoms with Gasteiger partial charge in [-0.3, -0.25) is 0 Å². The van der Waals surface area contributed by atoms with Crippen molar-refractivity contribution in [2.24, 2.45) is 5.73 Å². The minimum atomic E-state index is -0.458. The summed E-state index contributed by atoms with van der Waals surface area (Å²) in [5.41, 5.74) is 6.92. The van der Waals surface area contributed by atoms with Gasteiger partial charge in [0.2, 0.25) is 0 Å². The van der Waals surface area contributed by atoms with Crippen LogP contribution in [0.25, 0.3) is 0 Å². The number of hydrogen-bond acceptors (Lipinski definition) is 4. The highest BCUT2D eigenvalue weighted by Crippen LogP contribution is 2.10. The van der Waals surface area contributed by atoms with E-state index in [4.69, 9.17) is 20.7 Å². The van der Waals surface area contributed by atoms with Crippen LogP contribution < -0.4 is 5.73 Å². The van der Waals surface area contributed by atoms with E-state index < -0.39 is 6.10 Å². The molecule has 0 heterocycles. The molecule has 4 N–H and O–H groups in total. The van der Waals surface area contributed by atoms with Crippen molar-refractivity contribution in [3.63, 3.8) is 0 Å². The lowest BCUT2D eigenvalue weighted by Crippen LogP contribution is -2.30. The van der Waals surface area contributed by atoms with E-state index in [-0.39, 0.29) is 11.8 Å². The third-order valence-electron chi connectivity index (χ3n) is 2.13. The highest BCUT2D eigenvalue weighted by Gasteiger charge is 2.05. The summed E-state index contributed by atoms with van der Waals surface area (Å²) in [5, 5.41) is 18.1. The zero-order valence-corrected chi connectivity index (χ0v) is 9.47. The van der Waals surface area contributed by atoms with Crippen LogP contribution in [-0.2, 0) is 11.2 Å². The van der Waals surface area contributed by atoms with Gasteiger partial charge in [0.1, 0.15) is 5.75 Å². The van der Waals surface area contributed by atoms with Crippen molar-refractivity contribution < 1.29 is 14.9 Å². The van der Waals surface area contributed by atoms with Crippen LogP contribution in [-0.4, -0.2) is 35.6 Å². The van der Waals surface area contributed by atoms with E-state index in [1.165, 1.54) is 0 Å². The average Bonchev–Trinajstić information content (AvgIpc) is 2.21. The van der Waals surface area contributed by atoms with Crippen molar-refractivity contribution >= 4 is 0 Å². The van der Waals surface area contributed by atoms with Gasteiger partial charge >= 0.3 is 0 Å². The summed E-state index contributed by atoms with van der Waals surface area (Å²) < 4.78 is 5.23. The molecule has 4 nitrogen and oxygen atoms in total. The van der Waals surface area contributed by atoms with E-state index in [1.54, 1.807) is 19.1 Å². The van der Waals surface area contributed by atoms with Crippen LogP contribution in [0.4, 0.5) is 0 Å². The van der Waals surface area contributed by atoms with Crippen LogP contribution >= 0.6 is 0 Å². The number of phenols is 1. The second-order valence-corrected chi connectivity index (χ2v) is 4.02. The molecule has 0 fully saturated rings. The van der Waals surface area contributed by atoms with Crippen LogP contribution in [0.5, 0.6) is 5.75 Å². The Bertz CT molecular complexity index is 298. The molecule has 0 unspecified atom stereocenters. The number of aliphatic hydroxyl groups is 1. The molecular weight excluding hydrogens is 206 g/mol. The van der Waals surface area contributed by atoms with Crippen molar-refractivity contribution in [3.8, 4) is 5.75 Å². The van der Waals surface area contributed by atoms with E-state index in [0.717, 1.165) is 5.56 Å². The highest BCUT2D eigenvalue weighted by atomic mass is 16.5. The quantitative estimate of drug-likeness (QED) is 0.664. The van der Waals surface area contributed by atoms with Gasteiger partial charge in [0.15, 0.2) is 0 Å². The van der Waals surface area contributed by atoms with Crippen LogP contribution in [0.1, 0.15) is 12.5 Å². The summed E-state index contributed by atoms with van der Waals surface area (Å²) in [6, 6.07) is 6.86. The largest absolute Gasteiger partial charge is 0.508 e. The Kier molecular flexibility index (Phi) is 5.25. The number of ether oxygens (including phenoxy) is 1. The molecule has 90 valence electrons. The molecule has 0 radical (unpaired) electrons. The first-order valence-electron chi connectivity index (χ1n) is 5.37. The predicted octanol–water partition coefficient (Wildman–Crippen LogP) is 0.659. The van der Waals surface area contributed by atoms with Gasteiger partial charge in [0.25, 0.3) is 0 Å². The van der Waals surface area contributed by atoms with Crippen LogP contribution in [0.2, 0.25) is 0 Å². The van der Waals surface area contributed by atoms with E-state index in [1.807, 2.05) is 12.1 Å². The zero-order valence-electron chi connectivity index (χ0n) is 9.47. The van der Waals surface area contributed by atoms with E-state index in [9.17, 15) is 0 Å². The van der Waals surface area contributed by atoms with Gasteiger partial charge < -0.3 is 20.7 Å². The lowest BCUT2D eigenvalue weighted by Gasteiger charge is -2.13. The van der Waals surface area contributed by atoms with Gasteiger partial charge in [-0.15, -0.1) is 0 Å². The predicted molar refractivity (Wildman–Crippen MR) is 62.3 cm³/mol. The average molecular weight is 225 g/mol. The molecule has 1 rings (SSSR count). The fourth-order valence-corrected chi connectivity index (χ4v) is 1.38. The second kappa shape index (κ2) is 6.48. The SMILES string of the molecule is C[C@H](O)COC[C@@H](N)Cc1ccc(O)cc1. The summed E-state index contributed by atoms with van der Waals surface area (Å²) in [5.74, 6) is 0.252. The Morgan fingerprint density at radius 3 is 2.44 bits per heavy atom. The summed E-state index contributed by atoms with van der Waals surface area (Å²) in [6.45, 7) is 2.40. The zero-order chi connectivity index (χ0) is 12.0. The van der Waals surface area contributed by atoms with E-state index in [0.29, 0.717) is 19.6 Å². The van der Waals surface area contributed by atoms with E-state index in [2.05, 4.69) is 0 Å². The first-order valence-corrected chi connectivity index (χ1v) is 5.37. The standard InChI is InChI=1S/C12H19NO3/c1-9(14)7-16-8-11(13)6-10-2-4-12(15)5-3-10/h2-5,9,11,14-15H,6-8,13H2,1H3/t9-,11-/m0/s1. The molecule has 16 heavy (non-hydrogen) atoms. The molecule has 0 aromatic heterocycles. The van der Waals surface area contributed by atoms with Gasteiger partial charge in [-0.25, -0.2) is 0 Å². The number of nitrogens with two attached hydrogens (primary N) is 1. The Balaban J connectivity index is 2.28. The summed E-state index contributed by atoms with van der Waals surface area (Å²) >= 11 is 0. The van der Waals surface area contributed by atoms with Crippen molar-refractivity contribution in [2.45, 2.75) is 25.5 Å². The molecule has 0 spiro atoms. The van der Waals surface area contributed by atoms with Gasteiger partial charge in [-0.05, 0) is 31.0 Å². The summed E-state index contributed by atoms with van der Waals surface area (Å²) in [4.78, 5) is 0. The van der Waals surface area contributed by atoms with Crippen molar-refractivity contribution in [2.75, 3.05) is 13.2 Å². The Morgan fingerprint density at radius 2 is 1.88 bits per heavy atom. The molecule has 0 saturated heterocycles. The first kappa shape index (κ1) is 13.0. The van der Waals surface area contributed by atoms with Crippen molar-refractivity contribution in [1.82, 2.24) is 0 Å². The smallest absolute Gasteiger partial charge is 0.115 e. The Hall–Kier alpha value is -1.10. The molecule has 0 bridgehead atoms. The molecule has 0 aliphatic heterocycles. The third-order valence-corrected chi connectivity index (χ3v) is 2.13. The number of phenolic OH excluding ortho intramolecular Hbond substituents is 1. The molecular formula is C12H19NO3. The monoisotopic (exact) mass is 225 g/mol. The molecule has 0 aliphatic rings. The minimum absolute atomic E-state index is 0.0942. The number of rotatable bonds is 6. The lowest BCUT2D eigenvalue weighted by atomic mass is 10.1. The van der Waals surface area contributed by atoms with Crippen molar-refractivity contribution in [1.29, 1.82) is 0 Å². The molecule has 0 aliphatic carbocycles. The number of aromatic hydroxyl groups is 1. The van der Waals surface area contributed by atoms with Gasteiger partial charge in [-0.1, -0.05) is 12.1 Å². The Labute approximate surface area is 95.7 Å². The highest BCUT2D eigenvalue weighted by molar-refractivity contribution is 5.26. The maximum absolute atomic E-state index is 9.11. The van der Waals surface area contributed by atoms with Gasteiger partial charge in [0, 0.05) is 6.04 Å².